The Hall–Kier alpha value is -1.60. The number of hydrogen-bond donors (Lipinski definition) is 0. The van der Waals surface area contributed by atoms with E-state index in [1.807, 2.05) is 29.2 Å². The third-order valence-corrected chi connectivity index (χ3v) is 6.89. The monoisotopic (exact) mass is 366 g/mol. The van der Waals surface area contributed by atoms with E-state index in [-0.39, 0.29) is 11.8 Å². The fourth-order valence-electron chi connectivity index (χ4n) is 3.63. The third kappa shape index (κ3) is 4.95. The Bertz CT molecular complexity index is 712. The highest BCUT2D eigenvalue weighted by Crippen LogP contribution is 2.20. The molecule has 0 bridgehead atoms. The molecule has 0 saturated carbocycles. The minimum Gasteiger partial charge on any atom is -0.497 e. The van der Waals surface area contributed by atoms with Gasteiger partial charge in [0.1, 0.15) is 5.75 Å². The van der Waals surface area contributed by atoms with Crippen LogP contribution < -0.4 is 4.74 Å². The average molecular weight is 366 g/mol. The largest absolute Gasteiger partial charge is 0.497 e. The molecule has 1 amide bonds. The van der Waals surface area contributed by atoms with E-state index in [1.165, 1.54) is 0 Å². The molecule has 25 heavy (non-hydrogen) atoms. The summed E-state index contributed by atoms with van der Waals surface area (Å²) in [6, 6.07) is 7.61. The van der Waals surface area contributed by atoms with Crippen LogP contribution in [0.2, 0.25) is 0 Å². The van der Waals surface area contributed by atoms with Crippen LogP contribution >= 0.6 is 0 Å². The fraction of sp³-hybridized carbons (Fsp3) is 0.611. The van der Waals surface area contributed by atoms with Crippen LogP contribution in [0.3, 0.4) is 0 Å². The quantitative estimate of drug-likeness (QED) is 0.772. The number of carbonyl (C=O) groups excluding carboxylic acids is 1. The molecule has 2 aliphatic rings. The molecule has 7 heteroatoms. The summed E-state index contributed by atoms with van der Waals surface area (Å²) < 4.78 is 28.3. The lowest BCUT2D eigenvalue weighted by molar-refractivity contribution is -0.132. The van der Waals surface area contributed by atoms with Gasteiger partial charge in [-0.1, -0.05) is 12.1 Å². The van der Waals surface area contributed by atoms with Crippen molar-refractivity contribution in [3.05, 3.63) is 29.8 Å². The normalized spacial score (nSPS) is 23.6. The zero-order chi connectivity index (χ0) is 17.9. The predicted octanol–water partition coefficient (Wildman–Crippen LogP) is 0.817. The summed E-state index contributed by atoms with van der Waals surface area (Å²) in [5, 5.41) is 0. The van der Waals surface area contributed by atoms with Crippen LogP contribution in [0.15, 0.2) is 24.3 Å². The van der Waals surface area contributed by atoms with Crippen LogP contribution in [0.1, 0.15) is 12.0 Å². The van der Waals surface area contributed by atoms with Gasteiger partial charge in [0.15, 0.2) is 9.84 Å². The second-order valence-electron chi connectivity index (χ2n) is 6.98. The highest BCUT2D eigenvalue weighted by atomic mass is 32.2. The van der Waals surface area contributed by atoms with E-state index < -0.39 is 9.84 Å². The van der Waals surface area contributed by atoms with Gasteiger partial charge in [-0.2, -0.15) is 0 Å². The van der Waals surface area contributed by atoms with Crippen molar-refractivity contribution in [2.24, 2.45) is 5.92 Å². The first-order chi connectivity index (χ1) is 11.9. The lowest BCUT2D eigenvalue weighted by Gasteiger charge is -2.35. The van der Waals surface area contributed by atoms with Gasteiger partial charge in [0, 0.05) is 32.7 Å². The number of piperazine rings is 1. The molecule has 1 aromatic rings. The maximum atomic E-state index is 12.5. The number of carbonyl (C=O) groups is 1. The number of rotatable bonds is 5. The van der Waals surface area contributed by atoms with Crippen molar-refractivity contribution in [1.29, 1.82) is 0 Å². The average Bonchev–Trinajstić information content (AvgIpc) is 2.94. The lowest BCUT2D eigenvalue weighted by atomic mass is 10.1. The lowest BCUT2D eigenvalue weighted by Crippen LogP contribution is -2.50. The topological polar surface area (TPSA) is 66.9 Å². The van der Waals surface area contributed by atoms with Crippen LogP contribution in [0.5, 0.6) is 5.75 Å². The SMILES string of the molecule is COc1cccc(CC(=O)N2CCN(C[C@H]3CCS(=O)(=O)C3)CC2)c1. The molecular formula is C18H26N2O4S. The van der Waals surface area contributed by atoms with Crippen molar-refractivity contribution in [3.8, 4) is 5.75 Å². The fourth-order valence-corrected chi connectivity index (χ4v) is 5.48. The smallest absolute Gasteiger partial charge is 0.227 e. The number of amides is 1. The Morgan fingerprint density at radius 3 is 2.64 bits per heavy atom. The molecule has 0 N–H and O–H groups in total. The van der Waals surface area contributed by atoms with Gasteiger partial charge in [0.25, 0.3) is 0 Å². The molecule has 1 atom stereocenters. The van der Waals surface area contributed by atoms with Gasteiger partial charge in [0.2, 0.25) is 5.91 Å². The predicted molar refractivity (Wildman–Crippen MR) is 96.5 cm³/mol. The molecule has 2 saturated heterocycles. The van der Waals surface area contributed by atoms with E-state index in [1.54, 1.807) is 7.11 Å². The Kier molecular flexibility index (Phi) is 5.64. The van der Waals surface area contributed by atoms with Crippen molar-refractivity contribution >= 4 is 15.7 Å². The maximum Gasteiger partial charge on any atom is 0.227 e. The molecule has 6 nitrogen and oxygen atoms in total. The zero-order valence-corrected chi connectivity index (χ0v) is 15.5. The molecule has 0 aliphatic carbocycles. The van der Waals surface area contributed by atoms with E-state index in [4.69, 9.17) is 4.74 Å². The Morgan fingerprint density at radius 2 is 2.00 bits per heavy atom. The van der Waals surface area contributed by atoms with Crippen molar-refractivity contribution < 1.29 is 17.9 Å². The summed E-state index contributed by atoms with van der Waals surface area (Å²) in [6.45, 7) is 3.89. The summed E-state index contributed by atoms with van der Waals surface area (Å²) in [6.07, 6.45) is 1.16. The maximum absolute atomic E-state index is 12.5. The van der Waals surface area contributed by atoms with Crippen molar-refractivity contribution in [2.45, 2.75) is 12.8 Å². The van der Waals surface area contributed by atoms with Gasteiger partial charge in [-0.25, -0.2) is 8.42 Å². The molecule has 3 rings (SSSR count). The van der Waals surface area contributed by atoms with Crippen LogP contribution in [0, 0.1) is 5.92 Å². The second kappa shape index (κ2) is 7.74. The minimum atomic E-state index is -2.81. The zero-order valence-electron chi connectivity index (χ0n) is 14.7. The molecule has 0 radical (unpaired) electrons. The summed E-state index contributed by atoms with van der Waals surface area (Å²) in [4.78, 5) is 16.7. The van der Waals surface area contributed by atoms with E-state index >= 15 is 0 Å². The van der Waals surface area contributed by atoms with Gasteiger partial charge in [-0.15, -0.1) is 0 Å². The molecule has 0 spiro atoms. The molecule has 1 aromatic carbocycles. The van der Waals surface area contributed by atoms with Gasteiger partial charge in [0.05, 0.1) is 25.0 Å². The first kappa shape index (κ1) is 18.2. The summed E-state index contributed by atoms with van der Waals surface area (Å²) in [5.74, 6) is 1.81. The van der Waals surface area contributed by atoms with E-state index in [9.17, 15) is 13.2 Å². The third-order valence-electron chi connectivity index (χ3n) is 5.06. The van der Waals surface area contributed by atoms with Crippen LogP contribution in [0.25, 0.3) is 0 Å². The minimum absolute atomic E-state index is 0.136. The number of nitrogens with zero attached hydrogens (tertiary/aromatic N) is 2. The molecule has 2 aliphatic heterocycles. The highest BCUT2D eigenvalue weighted by molar-refractivity contribution is 7.91. The number of benzene rings is 1. The van der Waals surface area contributed by atoms with Gasteiger partial charge in [-0.3, -0.25) is 9.69 Å². The van der Waals surface area contributed by atoms with E-state index in [0.29, 0.717) is 31.0 Å². The van der Waals surface area contributed by atoms with Gasteiger partial charge >= 0.3 is 0 Å². The number of methoxy groups -OCH3 is 1. The van der Waals surface area contributed by atoms with Gasteiger partial charge < -0.3 is 9.64 Å². The van der Waals surface area contributed by atoms with Crippen LogP contribution in [-0.4, -0.2) is 75.5 Å². The summed E-state index contributed by atoms with van der Waals surface area (Å²) >= 11 is 0. The van der Waals surface area contributed by atoms with E-state index in [2.05, 4.69) is 4.90 Å². The number of sulfone groups is 1. The molecule has 2 heterocycles. The number of hydrogen-bond acceptors (Lipinski definition) is 5. The van der Waals surface area contributed by atoms with E-state index in [0.717, 1.165) is 37.4 Å². The van der Waals surface area contributed by atoms with Crippen LogP contribution in [0.4, 0.5) is 0 Å². The summed E-state index contributed by atoms with van der Waals surface area (Å²) in [7, 11) is -1.19. The molecule has 0 aromatic heterocycles. The van der Waals surface area contributed by atoms with Crippen molar-refractivity contribution in [2.75, 3.05) is 51.3 Å². The molecule has 2 fully saturated rings. The standard InChI is InChI=1S/C18H26N2O4S/c1-24-17-4-2-3-15(11-17)12-18(21)20-8-6-19(7-9-20)13-16-5-10-25(22,23)14-16/h2-4,11,16H,5-10,12-14H2,1H3/t16-/m1/s1. The van der Waals surface area contributed by atoms with Crippen LogP contribution in [-0.2, 0) is 21.1 Å². The van der Waals surface area contributed by atoms with Gasteiger partial charge in [-0.05, 0) is 30.0 Å². The first-order valence-corrected chi connectivity index (χ1v) is 10.6. The molecular weight excluding hydrogens is 340 g/mol. The molecule has 138 valence electrons. The molecule has 0 unspecified atom stereocenters. The summed E-state index contributed by atoms with van der Waals surface area (Å²) in [5.41, 5.74) is 0.961. The van der Waals surface area contributed by atoms with Crippen molar-refractivity contribution in [3.63, 3.8) is 0 Å². The first-order valence-electron chi connectivity index (χ1n) is 8.79. The second-order valence-corrected chi connectivity index (χ2v) is 9.21. The number of ether oxygens (including phenoxy) is 1. The Morgan fingerprint density at radius 1 is 1.24 bits per heavy atom. The Labute approximate surface area is 149 Å². The Balaban J connectivity index is 1.46. The highest BCUT2D eigenvalue weighted by Gasteiger charge is 2.30. The van der Waals surface area contributed by atoms with Crippen molar-refractivity contribution in [1.82, 2.24) is 9.80 Å².